The Morgan fingerprint density at radius 2 is 1.83 bits per heavy atom. The van der Waals surface area contributed by atoms with Gasteiger partial charge in [-0.3, -0.25) is 0 Å². The number of ether oxygens (including phenoxy) is 4. The van der Waals surface area contributed by atoms with Gasteiger partial charge in [-0.15, -0.1) is 0 Å². The van der Waals surface area contributed by atoms with Gasteiger partial charge in [0.1, 0.15) is 24.1 Å². The number of benzene rings is 2. The van der Waals surface area contributed by atoms with E-state index >= 15 is 0 Å². The van der Waals surface area contributed by atoms with Gasteiger partial charge in [0.15, 0.2) is 13.0 Å². The van der Waals surface area contributed by atoms with E-state index in [-0.39, 0.29) is 23.6 Å². The highest BCUT2D eigenvalue weighted by Crippen LogP contribution is 2.34. The third kappa shape index (κ3) is 5.90. The zero-order valence-electron chi connectivity index (χ0n) is 20.6. The Balaban J connectivity index is 1.45. The molecule has 0 aromatic heterocycles. The second-order valence-electron chi connectivity index (χ2n) is 8.72. The Morgan fingerprint density at radius 3 is 2.44 bits per heavy atom. The molecule has 0 saturated carbocycles. The summed E-state index contributed by atoms with van der Waals surface area (Å²) in [6, 6.07) is 12.0. The van der Waals surface area contributed by atoms with Gasteiger partial charge in [-0.2, -0.15) is 4.31 Å². The number of hydrogen-bond donors (Lipinski definition) is 0. The lowest BCUT2D eigenvalue weighted by atomic mass is 10.1. The van der Waals surface area contributed by atoms with E-state index in [9.17, 15) is 13.2 Å². The van der Waals surface area contributed by atoms with E-state index in [1.165, 1.54) is 17.8 Å². The monoisotopic (exact) mass is 517 g/mol. The first-order valence-corrected chi connectivity index (χ1v) is 13.2. The minimum Gasteiger partial charge on any atom is -0.491 e. The lowest BCUT2D eigenvalue weighted by Gasteiger charge is -2.35. The number of piperazine rings is 1. The fourth-order valence-corrected chi connectivity index (χ4v) is 5.50. The normalized spacial score (nSPS) is 18.2. The smallest absolute Gasteiger partial charge is 0.343 e. The topological polar surface area (TPSA) is 107 Å². The molecular formula is C25H31N3O7S. The third-order valence-corrected chi connectivity index (χ3v) is 7.85. The number of esters is 1. The van der Waals surface area contributed by atoms with Crippen LogP contribution in [0.15, 0.2) is 52.4 Å². The average molecular weight is 518 g/mol. The molecule has 0 radical (unpaired) electrons. The fourth-order valence-electron chi connectivity index (χ4n) is 4.08. The van der Waals surface area contributed by atoms with Crippen LogP contribution in [-0.4, -0.2) is 77.7 Å². The maximum absolute atomic E-state index is 13.2. The summed E-state index contributed by atoms with van der Waals surface area (Å²) in [6.45, 7) is 5.71. The van der Waals surface area contributed by atoms with Crippen LogP contribution in [-0.2, 0) is 24.3 Å². The molecule has 36 heavy (non-hydrogen) atoms. The van der Waals surface area contributed by atoms with Crippen molar-refractivity contribution in [3.8, 4) is 11.5 Å². The van der Waals surface area contributed by atoms with Crippen molar-refractivity contribution in [2.75, 3.05) is 51.4 Å². The number of carbonyl (C=O) groups is 1. The zero-order valence-corrected chi connectivity index (χ0v) is 21.4. The summed E-state index contributed by atoms with van der Waals surface area (Å²) in [4.78, 5) is 18.3. The number of nitrogens with zero attached hydrogens (tertiary/aromatic N) is 3. The van der Waals surface area contributed by atoms with E-state index < -0.39 is 16.0 Å². The van der Waals surface area contributed by atoms with E-state index in [2.05, 4.69) is 14.6 Å². The molecule has 2 aliphatic heterocycles. The van der Waals surface area contributed by atoms with Crippen molar-refractivity contribution in [1.82, 2.24) is 4.31 Å². The van der Waals surface area contributed by atoms with E-state index in [4.69, 9.17) is 14.2 Å². The van der Waals surface area contributed by atoms with Gasteiger partial charge >= 0.3 is 5.97 Å². The Morgan fingerprint density at radius 1 is 1.11 bits per heavy atom. The molecule has 2 heterocycles. The van der Waals surface area contributed by atoms with Crippen LogP contribution in [0.25, 0.3) is 0 Å². The first-order valence-electron chi connectivity index (χ1n) is 11.8. The Labute approximate surface area is 211 Å². The van der Waals surface area contributed by atoms with Crippen LogP contribution in [0.3, 0.4) is 0 Å². The minimum atomic E-state index is -3.61. The lowest BCUT2D eigenvalue weighted by Crippen LogP contribution is -2.48. The highest BCUT2D eigenvalue weighted by atomic mass is 32.2. The van der Waals surface area contributed by atoms with Crippen LogP contribution < -0.4 is 14.4 Å². The second-order valence-corrected chi connectivity index (χ2v) is 10.7. The van der Waals surface area contributed by atoms with Gasteiger partial charge in [0.2, 0.25) is 10.0 Å². The number of methoxy groups -OCH3 is 1. The van der Waals surface area contributed by atoms with Crippen molar-refractivity contribution < 1.29 is 32.2 Å². The summed E-state index contributed by atoms with van der Waals surface area (Å²) in [5.41, 5.74) is 1.68. The number of sulfonamides is 1. The number of aliphatic imine (C=N–C) groups is 1. The molecular weight excluding hydrogens is 486 g/mol. The third-order valence-electron chi connectivity index (χ3n) is 5.94. The molecule has 0 spiro atoms. The summed E-state index contributed by atoms with van der Waals surface area (Å²) < 4.78 is 49.1. The van der Waals surface area contributed by atoms with Crippen molar-refractivity contribution >= 4 is 28.1 Å². The van der Waals surface area contributed by atoms with E-state index in [1.54, 1.807) is 24.3 Å². The molecule has 194 valence electrons. The maximum Gasteiger partial charge on any atom is 0.343 e. The van der Waals surface area contributed by atoms with Crippen molar-refractivity contribution in [1.29, 1.82) is 0 Å². The number of carbonyl (C=O) groups excluding carboxylic acids is 1. The minimum absolute atomic E-state index is 0.0141. The standard InChI is InChI=1S/C25H31N3O7S/c1-18(2)35-20-5-7-21(8-6-20)36(30,31)28-12-10-27(11-13-28)19-4-9-22(23-15-33-17-26-23)24(14-19)34-16-25(29)32-3/h4-9,14,17-18,23H,10-13,15-16H2,1-3H3. The molecule has 1 atom stereocenters. The van der Waals surface area contributed by atoms with Crippen molar-refractivity contribution in [2.45, 2.75) is 30.9 Å². The highest BCUT2D eigenvalue weighted by molar-refractivity contribution is 7.89. The first kappa shape index (κ1) is 25.8. The Kier molecular flexibility index (Phi) is 8.00. The number of hydrogen-bond acceptors (Lipinski definition) is 9. The molecule has 4 rings (SSSR count). The number of anilines is 1. The highest BCUT2D eigenvalue weighted by Gasteiger charge is 2.29. The SMILES string of the molecule is COC(=O)COc1cc(N2CCN(S(=O)(=O)c3ccc(OC(C)C)cc3)CC2)ccc1C1COC=N1. The van der Waals surface area contributed by atoms with E-state index in [0.717, 1.165) is 11.3 Å². The van der Waals surface area contributed by atoms with Crippen LogP contribution in [0.1, 0.15) is 25.5 Å². The molecule has 2 aromatic carbocycles. The second kappa shape index (κ2) is 11.2. The first-order chi connectivity index (χ1) is 17.3. The molecule has 0 bridgehead atoms. The lowest BCUT2D eigenvalue weighted by molar-refractivity contribution is -0.142. The largest absolute Gasteiger partial charge is 0.491 e. The van der Waals surface area contributed by atoms with Gasteiger partial charge in [-0.05, 0) is 44.2 Å². The molecule has 0 N–H and O–H groups in total. The quantitative estimate of drug-likeness (QED) is 0.468. The Bertz CT molecular complexity index is 1190. The van der Waals surface area contributed by atoms with Gasteiger partial charge in [0.05, 0.1) is 18.1 Å². The zero-order chi connectivity index (χ0) is 25.7. The summed E-state index contributed by atoms with van der Waals surface area (Å²) in [5, 5.41) is 0. The van der Waals surface area contributed by atoms with Gasteiger partial charge < -0.3 is 23.8 Å². The van der Waals surface area contributed by atoms with Crippen LogP contribution >= 0.6 is 0 Å². The van der Waals surface area contributed by atoms with Gasteiger partial charge in [-0.1, -0.05) is 6.07 Å². The fraction of sp³-hybridized carbons (Fsp3) is 0.440. The van der Waals surface area contributed by atoms with Crippen LogP contribution in [0.2, 0.25) is 0 Å². The molecule has 2 aromatic rings. The van der Waals surface area contributed by atoms with Gasteiger partial charge in [-0.25, -0.2) is 18.2 Å². The summed E-state index contributed by atoms with van der Waals surface area (Å²) in [5.74, 6) is 0.668. The molecule has 1 saturated heterocycles. The van der Waals surface area contributed by atoms with Crippen molar-refractivity contribution in [3.05, 3.63) is 48.0 Å². The summed E-state index contributed by atoms with van der Waals surface area (Å²) >= 11 is 0. The summed E-state index contributed by atoms with van der Waals surface area (Å²) in [6.07, 6.45) is 1.42. The molecule has 0 aliphatic carbocycles. The predicted molar refractivity (Wildman–Crippen MR) is 134 cm³/mol. The van der Waals surface area contributed by atoms with Crippen LogP contribution in [0.5, 0.6) is 11.5 Å². The molecule has 11 heteroatoms. The van der Waals surface area contributed by atoms with Crippen molar-refractivity contribution in [3.63, 3.8) is 0 Å². The molecule has 10 nitrogen and oxygen atoms in total. The van der Waals surface area contributed by atoms with E-state index in [1.807, 2.05) is 32.0 Å². The molecule has 2 aliphatic rings. The summed E-state index contributed by atoms with van der Waals surface area (Å²) in [7, 11) is -2.31. The van der Waals surface area contributed by atoms with Crippen LogP contribution in [0.4, 0.5) is 5.69 Å². The van der Waals surface area contributed by atoms with Crippen molar-refractivity contribution in [2.24, 2.45) is 4.99 Å². The van der Waals surface area contributed by atoms with Gasteiger partial charge in [0, 0.05) is 43.5 Å². The van der Waals surface area contributed by atoms with E-state index in [0.29, 0.717) is 44.3 Å². The molecule has 1 unspecified atom stereocenters. The van der Waals surface area contributed by atoms with Crippen LogP contribution in [0, 0.1) is 0 Å². The molecule has 1 fully saturated rings. The Hall–Kier alpha value is -3.31. The maximum atomic E-state index is 13.2. The van der Waals surface area contributed by atoms with Gasteiger partial charge in [0.25, 0.3) is 0 Å². The average Bonchev–Trinajstić information content (AvgIpc) is 3.42. The predicted octanol–water partition coefficient (Wildman–Crippen LogP) is 2.64. The molecule has 0 amide bonds. The number of rotatable bonds is 9.